The third kappa shape index (κ3) is 1.91. The molecule has 0 atom stereocenters. The first kappa shape index (κ1) is 12.3. The van der Waals surface area contributed by atoms with Crippen LogP contribution in [0.15, 0.2) is 28.9 Å². The molecule has 102 valence electrons. The van der Waals surface area contributed by atoms with Crippen molar-refractivity contribution in [2.45, 2.75) is 0 Å². The van der Waals surface area contributed by atoms with E-state index in [1.807, 2.05) is 0 Å². The molecule has 0 saturated heterocycles. The molecule has 1 heterocycles. The first-order chi connectivity index (χ1) is 9.56. The van der Waals surface area contributed by atoms with Crippen molar-refractivity contribution in [1.82, 2.24) is 10.3 Å². The van der Waals surface area contributed by atoms with Gasteiger partial charge in [-0.15, -0.1) is 0 Å². The smallest absolute Gasteiger partial charge is 0.182 e. The number of nitrogens with zero attached hydrogens (tertiary/aromatic N) is 2. The van der Waals surface area contributed by atoms with Crippen LogP contribution in [0.25, 0.3) is 11.0 Å². The van der Waals surface area contributed by atoms with E-state index < -0.39 is 17.5 Å². The third-order valence-electron chi connectivity index (χ3n) is 2.71. The summed E-state index contributed by atoms with van der Waals surface area (Å²) < 4.78 is 44.4. The van der Waals surface area contributed by atoms with Gasteiger partial charge >= 0.3 is 0 Å². The Hall–Kier alpha value is -2.77. The van der Waals surface area contributed by atoms with E-state index in [4.69, 9.17) is 5.73 Å². The highest BCUT2D eigenvalue weighted by Crippen LogP contribution is 2.29. The molecule has 8 heteroatoms. The molecule has 2 aromatic carbocycles. The SMILES string of the molecule is Nc1ccc(Nc2cc(F)cc(F)c2F)c2nonc12. The molecule has 0 unspecified atom stereocenters. The molecule has 0 spiro atoms. The molecule has 1 aromatic heterocycles. The van der Waals surface area contributed by atoms with Gasteiger partial charge in [0.25, 0.3) is 0 Å². The number of fused-ring (bicyclic) bond motifs is 1. The molecule has 0 aliphatic carbocycles. The standard InChI is InChI=1S/C12H7F3N4O/c13-5-3-6(14)10(15)9(4-5)17-8-2-1-7(16)11-12(8)19-20-18-11/h1-4,17H,16H2. The van der Waals surface area contributed by atoms with Gasteiger partial charge in [-0.2, -0.15) is 0 Å². The number of nitrogens with two attached hydrogens (primary N) is 1. The monoisotopic (exact) mass is 280 g/mol. The van der Waals surface area contributed by atoms with Crippen molar-refractivity contribution < 1.29 is 17.8 Å². The van der Waals surface area contributed by atoms with Crippen molar-refractivity contribution in [2.75, 3.05) is 11.1 Å². The van der Waals surface area contributed by atoms with E-state index >= 15 is 0 Å². The van der Waals surface area contributed by atoms with Gasteiger partial charge in [-0.3, -0.25) is 0 Å². The predicted molar refractivity (Wildman–Crippen MR) is 65.8 cm³/mol. The fourth-order valence-electron chi connectivity index (χ4n) is 1.78. The lowest BCUT2D eigenvalue weighted by atomic mass is 10.2. The van der Waals surface area contributed by atoms with Crippen LogP contribution >= 0.6 is 0 Å². The van der Waals surface area contributed by atoms with Gasteiger partial charge in [-0.25, -0.2) is 17.8 Å². The van der Waals surface area contributed by atoms with Gasteiger partial charge in [-0.1, -0.05) is 0 Å². The van der Waals surface area contributed by atoms with Crippen LogP contribution < -0.4 is 11.1 Å². The molecular formula is C12H7F3N4O. The number of aromatic nitrogens is 2. The highest BCUT2D eigenvalue weighted by molar-refractivity contribution is 5.96. The Bertz CT molecular complexity index is 803. The lowest BCUT2D eigenvalue weighted by molar-refractivity contribution is 0.316. The molecule has 0 saturated carbocycles. The van der Waals surface area contributed by atoms with Crippen molar-refractivity contribution in [1.29, 1.82) is 0 Å². The van der Waals surface area contributed by atoms with Crippen molar-refractivity contribution >= 4 is 28.1 Å². The number of hydrogen-bond acceptors (Lipinski definition) is 5. The third-order valence-corrected chi connectivity index (χ3v) is 2.71. The van der Waals surface area contributed by atoms with Crippen molar-refractivity contribution in [3.05, 3.63) is 41.7 Å². The quantitative estimate of drug-likeness (QED) is 0.557. The van der Waals surface area contributed by atoms with Gasteiger partial charge in [0.1, 0.15) is 5.82 Å². The zero-order chi connectivity index (χ0) is 14.3. The van der Waals surface area contributed by atoms with E-state index in [9.17, 15) is 13.2 Å². The average molecular weight is 280 g/mol. The largest absolute Gasteiger partial charge is 0.397 e. The molecule has 5 nitrogen and oxygen atoms in total. The Morgan fingerprint density at radius 2 is 1.75 bits per heavy atom. The van der Waals surface area contributed by atoms with Crippen molar-refractivity contribution in [3.8, 4) is 0 Å². The summed E-state index contributed by atoms with van der Waals surface area (Å²) in [4.78, 5) is 0. The molecule has 0 fully saturated rings. The molecule has 3 aromatic rings. The molecule has 0 aliphatic rings. The van der Waals surface area contributed by atoms with Crippen LogP contribution in [0, 0.1) is 17.5 Å². The highest BCUT2D eigenvalue weighted by Gasteiger charge is 2.15. The second-order valence-electron chi connectivity index (χ2n) is 4.04. The second kappa shape index (κ2) is 4.41. The topological polar surface area (TPSA) is 77.0 Å². The maximum Gasteiger partial charge on any atom is 0.182 e. The van der Waals surface area contributed by atoms with Crippen molar-refractivity contribution in [2.24, 2.45) is 0 Å². The number of nitrogen functional groups attached to an aromatic ring is 1. The number of nitrogens with one attached hydrogen (secondary N) is 1. The first-order valence-electron chi connectivity index (χ1n) is 5.48. The number of anilines is 3. The normalized spacial score (nSPS) is 10.9. The molecule has 3 N–H and O–H groups in total. The highest BCUT2D eigenvalue weighted by atomic mass is 19.2. The Kier molecular flexibility index (Phi) is 2.70. The van der Waals surface area contributed by atoms with Crippen LogP contribution in [0.3, 0.4) is 0 Å². The Morgan fingerprint density at radius 3 is 2.55 bits per heavy atom. The fraction of sp³-hybridized carbons (Fsp3) is 0. The van der Waals surface area contributed by atoms with Gasteiger partial charge in [0.2, 0.25) is 0 Å². The number of rotatable bonds is 2. The molecule has 0 bridgehead atoms. The van der Waals surface area contributed by atoms with Gasteiger partial charge in [0.05, 0.1) is 17.1 Å². The Labute approximate surface area is 110 Å². The lowest BCUT2D eigenvalue weighted by Crippen LogP contribution is -1.99. The van der Waals surface area contributed by atoms with E-state index in [0.717, 1.165) is 6.07 Å². The van der Waals surface area contributed by atoms with Crippen LogP contribution in [0.4, 0.5) is 30.2 Å². The summed E-state index contributed by atoms with van der Waals surface area (Å²) in [5.74, 6) is -3.40. The average Bonchev–Trinajstić information content (AvgIpc) is 2.89. The van der Waals surface area contributed by atoms with Crippen LogP contribution in [0.5, 0.6) is 0 Å². The zero-order valence-corrected chi connectivity index (χ0v) is 9.82. The summed E-state index contributed by atoms with van der Waals surface area (Å²) in [6, 6.07) is 4.25. The number of halogens is 3. The van der Waals surface area contributed by atoms with E-state index in [1.165, 1.54) is 12.1 Å². The summed E-state index contributed by atoms with van der Waals surface area (Å²) in [7, 11) is 0. The van der Waals surface area contributed by atoms with Crippen LogP contribution in [0.2, 0.25) is 0 Å². The minimum Gasteiger partial charge on any atom is -0.397 e. The summed E-state index contributed by atoms with van der Waals surface area (Å²) in [5, 5.41) is 9.73. The van der Waals surface area contributed by atoms with Gasteiger partial charge < -0.3 is 11.1 Å². The van der Waals surface area contributed by atoms with E-state index in [1.54, 1.807) is 0 Å². The molecule has 0 amide bonds. The molecule has 3 rings (SSSR count). The minimum atomic E-state index is -1.29. The predicted octanol–water partition coefficient (Wildman–Crippen LogP) is 2.97. The molecule has 20 heavy (non-hydrogen) atoms. The van der Waals surface area contributed by atoms with Crippen LogP contribution in [0.1, 0.15) is 0 Å². The van der Waals surface area contributed by atoms with Crippen LogP contribution in [-0.2, 0) is 0 Å². The second-order valence-corrected chi connectivity index (χ2v) is 4.04. The summed E-state index contributed by atoms with van der Waals surface area (Å²) >= 11 is 0. The minimum absolute atomic E-state index is 0.231. The van der Waals surface area contributed by atoms with E-state index in [-0.39, 0.29) is 22.4 Å². The Balaban J connectivity index is 2.10. The fourth-order valence-corrected chi connectivity index (χ4v) is 1.78. The number of benzene rings is 2. The van der Waals surface area contributed by atoms with Crippen molar-refractivity contribution in [3.63, 3.8) is 0 Å². The van der Waals surface area contributed by atoms with Crippen LogP contribution in [-0.4, -0.2) is 10.3 Å². The van der Waals surface area contributed by atoms with E-state index in [0.29, 0.717) is 11.8 Å². The maximum atomic E-state index is 13.6. The van der Waals surface area contributed by atoms with Gasteiger partial charge in [0.15, 0.2) is 22.7 Å². The maximum absolute atomic E-state index is 13.6. The molecular weight excluding hydrogens is 273 g/mol. The molecule has 0 aliphatic heterocycles. The van der Waals surface area contributed by atoms with Gasteiger partial charge in [-0.05, 0) is 22.4 Å². The van der Waals surface area contributed by atoms with Gasteiger partial charge in [0, 0.05) is 12.1 Å². The van der Waals surface area contributed by atoms with E-state index in [2.05, 4.69) is 20.3 Å². The molecule has 0 radical (unpaired) electrons. The number of hydrogen-bond donors (Lipinski definition) is 2. The summed E-state index contributed by atoms with van der Waals surface area (Å²) in [6.07, 6.45) is 0. The summed E-state index contributed by atoms with van der Waals surface area (Å²) in [6.45, 7) is 0. The summed E-state index contributed by atoms with van der Waals surface area (Å²) in [5.41, 5.74) is 6.37. The Morgan fingerprint density at radius 1 is 1.00 bits per heavy atom. The zero-order valence-electron chi connectivity index (χ0n) is 9.82. The first-order valence-corrected chi connectivity index (χ1v) is 5.48. The lowest BCUT2D eigenvalue weighted by Gasteiger charge is -2.08.